The maximum absolute atomic E-state index is 12.8. The fourth-order valence-corrected chi connectivity index (χ4v) is 3.13. The lowest BCUT2D eigenvalue weighted by Gasteiger charge is -2.18. The van der Waals surface area contributed by atoms with Crippen LogP contribution in [0.4, 0.5) is 11.4 Å². The molecule has 0 spiro atoms. The fraction of sp³-hybridized carbons (Fsp3) is 0.364. The number of rotatable bonds is 5. The highest BCUT2D eigenvalue weighted by Crippen LogP contribution is 2.47. The Hall–Kier alpha value is -2.62. The highest BCUT2D eigenvalue weighted by molar-refractivity contribution is 6.17. The first-order valence-electron chi connectivity index (χ1n) is 9.12. The zero-order valence-electron chi connectivity index (χ0n) is 15.8. The predicted molar refractivity (Wildman–Crippen MR) is 105 cm³/mol. The SMILES string of the molecule is Cc1cccc(C)c1NC(=O)C1(C(=O)Nc2ccc(C(C)C)cc2)CC1. The number of carbonyl (C=O) groups is 2. The van der Waals surface area contributed by atoms with Crippen LogP contribution in [0.5, 0.6) is 0 Å². The number of hydrogen-bond donors (Lipinski definition) is 2. The van der Waals surface area contributed by atoms with Crippen molar-refractivity contribution in [2.24, 2.45) is 5.41 Å². The molecule has 0 unspecified atom stereocenters. The molecule has 0 heterocycles. The summed E-state index contributed by atoms with van der Waals surface area (Å²) in [6.07, 6.45) is 1.17. The fourth-order valence-electron chi connectivity index (χ4n) is 3.13. The minimum Gasteiger partial charge on any atom is -0.325 e. The number of para-hydroxylation sites is 1. The molecule has 1 aliphatic rings. The molecule has 2 aromatic rings. The number of carbonyl (C=O) groups excluding carboxylic acids is 2. The molecular weight excluding hydrogens is 324 g/mol. The molecule has 4 heteroatoms. The van der Waals surface area contributed by atoms with Gasteiger partial charge in [-0.25, -0.2) is 0 Å². The van der Waals surface area contributed by atoms with Crippen LogP contribution in [0.2, 0.25) is 0 Å². The Bertz CT molecular complexity index is 813. The third-order valence-corrected chi connectivity index (χ3v) is 5.17. The Kier molecular flexibility index (Phi) is 4.86. The summed E-state index contributed by atoms with van der Waals surface area (Å²) in [7, 11) is 0. The minimum absolute atomic E-state index is 0.216. The van der Waals surface area contributed by atoms with Gasteiger partial charge in [0.05, 0.1) is 0 Å². The van der Waals surface area contributed by atoms with E-state index >= 15 is 0 Å². The van der Waals surface area contributed by atoms with Crippen LogP contribution < -0.4 is 10.6 Å². The summed E-state index contributed by atoms with van der Waals surface area (Å²) in [5.41, 5.74) is 3.80. The molecular formula is C22H26N2O2. The third-order valence-electron chi connectivity index (χ3n) is 5.17. The van der Waals surface area contributed by atoms with E-state index in [2.05, 4.69) is 24.5 Å². The van der Waals surface area contributed by atoms with Crippen LogP contribution in [-0.4, -0.2) is 11.8 Å². The Morgan fingerprint density at radius 1 is 0.885 bits per heavy atom. The average molecular weight is 350 g/mol. The Morgan fingerprint density at radius 2 is 1.42 bits per heavy atom. The van der Waals surface area contributed by atoms with E-state index in [0.29, 0.717) is 18.8 Å². The first-order chi connectivity index (χ1) is 12.3. The van der Waals surface area contributed by atoms with Crippen molar-refractivity contribution in [1.82, 2.24) is 0 Å². The van der Waals surface area contributed by atoms with Crippen LogP contribution in [0.1, 0.15) is 49.3 Å². The van der Waals surface area contributed by atoms with Crippen LogP contribution in [-0.2, 0) is 9.59 Å². The van der Waals surface area contributed by atoms with Gasteiger partial charge in [-0.3, -0.25) is 9.59 Å². The van der Waals surface area contributed by atoms with E-state index < -0.39 is 5.41 Å². The molecule has 0 aliphatic heterocycles. The Morgan fingerprint density at radius 3 is 1.92 bits per heavy atom. The van der Waals surface area contributed by atoms with Gasteiger partial charge in [-0.15, -0.1) is 0 Å². The summed E-state index contributed by atoms with van der Waals surface area (Å²) < 4.78 is 0. The quantitative estimate of drug-likeness (QED) is 0.762. The van der Waals surface area contributed by atoms with Crippen molar-refractivity contribution in [3.63, 3.8) is 0 Å². The van der Waals surface area contributed by atoms with E-state index in [9.17, 15) is 9.59 Å². The lowest BCUT2D eigenvalue weighted by atomic mass is 10.0. The zero-order chi connectivity index (χ0) is 18.9. The summed E-state index contributed by atoms with van der Waals surface area (Å²) in [5, 5.41) is 5.88. The average Bonchev–Trinajstić information content (AvgIpc) is 3.40. The van der Waals surface area contributed by atoms with Crippen molar-refractivity contribution in [2.75, 3.05) is 10.6 Å². The van der Waals surface area contributed by atoms with Gasteiger partial charge in [-0.1, -0.05) is 44.2 Å². The molecule has 1 saturated carbocycles. The number of anilines is 2. The van der Waals surface area contributed by atoms with Crippen LogP contribution in [0.3, 0.4) is 0 Å². The van der Waals surface area contributed by atoms with Crippen LogP contribution in [0, 0.1) is 19.3 Å². The third kappa shape index (κ3) is 3.50. The second-order valence-electron chi connectivity index (χ2n) is 7.53. The molecule has 2 aromatic carbocycles. The van der Waals surface area contributed by atoms with Gasteiger partial charge in [-0.05, 0) is 61.4 Å². The second kappa shape index (κ2) is 6.94. The molecule has 2 N–H and O–H groups in total. The normalized spacial score (nSPS) is 14.8. The zero-order valence-corrected chi connectivity index (χ0v) is 15.8. The maximum atomic E-state index is 12.8. The van der Waals surface area contributed by atoms with E-state index in [-0.39, 0.29) is 11.8 Å². The maximum Gasteiger partial charge on any atom is 0.240 e. The van der Waals surface area contributed by atoms with Gasteiger partial charge >= 0.3 is 0 Å². The summed E-state index contributed by atoms with van der Waals surface area (Å²) in [5.74, 6) is 0.00221. The molecule has 3 rings (SSSR count). The molecule has 136 valence electrons. The number of hydrogen-bond acceptors (Lipinski definition) is 2. The molecule has 0 radical (unpaired) electrons. The van der Waals surface area contributed by atoms with E-state index in [1.807, 2.05) is 56.3 Å². The number of benzene rings is 2. The van der Waals surface area contributed by atoms with Crippen molar-refractivity contribution < 1.29 is 9.59 Å². The highest BCUT2D eigenvalue weighted by atomic mass is 16.2. The number of nitrogens with one attached hydrogen (secondary N) is 2. The molecule has 1 fully saturated rings. The van der Waals surface area contributed by atoms with E-state index in [0.717, 1.165) is 22.5 Å². The molecule has 0 aromatic heterocycles. The molecule has 0 saturated heterocycles. The van der Waals surface area contributed by atoms with E-state index in [4.69, 9.17) is 0 Å². The molecule has 26 heavy (non-hydrogen) atoms. The Labute approximate surface area is 155 Å². The van der Waals surface area contributed by atoms with Gasteiger partial charge in [0.25, 0.3) is 0 Å². The van der Waals surface area contributed by atoms with Gasteiger partial charge in [-0.2, -0.15) is 0 Å². The van der Waals surface area contributed by atoms with Gasteiger partial charge in [0.1, 0.15) is 5.41 Å². The van der Waals surface area contributed by atoms with Crippen LogP contribution >= 0.6 is 0 Å². The highest BCUT2D eigenvalue weighted by Gasteiger charge is 2.56. The molecule has 4 nitrogen and oxygen atoms in total. The molecule has 0 bridgehead atoms. The first-order valence-corrected chi connectivity index (χ1v) is 9.12. The van der Waals surface area contributed by atoms with Crippen molar-refractivity contribution >= 4 is 23.2 Å². The van der Waals surface area contributed by atoms with Crippen LogP contribution in [0.25, 0.3) is 0 Å². The van der Waals surface area contributed by atoms with Gasteiger partial charge in [0.2, 0.25) is 11.8 Å². The summed E-state index contributed by atoms with van der Waals surface area (Å²) in [6, 6.07) is 13.7. The standard InChI is InChI=1S/C22H26N2O2/c1-14(2)17-8-10-18(11-9-17)23-20(25)22(12-13-22)21(26)24-19-15(3)6-5-7-16(19)4/h5-11,14H,12-13H2,1-4H3,(H,23,25)(H,24,26). The number of amides is 2. The monoisotopic (exact) mass is 350 g/mol. The van der Waals surface area contributed by atoms with Crippen molar-refractivity contribution in [3.05, 3.63) is 59.2 Å². The summed E-state index contributed by atoms with van der Waals surface area (Å²) in [6.45, 7) is 8.17. The van der Waals surface area contributed by atoms with Gasteiger partial charge in [0.15, 0.2) is 0 Å². The van der Waals surface area contributed by atoms with Crippen molar-refractivity contribution in [2.45, 2.75) is 46.5 Å². The van der Waals surface area contributed by atoms with Crippen molar-refractivity contribution in [1.29, 1.82) is 0 Å². The van der Waals surface area contributed by atoms with Crippen molar-refractivity contribution in [3.8, 4) is 0 Å². The summed E-state index contributed by atoms with van der Waals surface area (Å²) >= 11 is 0. The smallest absolute Gasteiger partial charge is 0.240 e. The molecule has 2 amide bonds. The molecule has 0 atom stereocenters. The Balaban J connectivity index is 1.71. The lowest BCUT2D eigenvalue weighted by molar-refractivity contribution is -0.131. The predicted octanol–water partition coefficient (Wildman–Crippen LogP) is 4.78. The van der Waals surface area contributed by atoms with Gasteiger partial charge in [0, 0.05) is 11.4 Å². The van der Waals surface area contributed by atoms with Crippen LogP contribution in [0.15, 0.2) is 42.5 Å². The molecule has 1 aliphatic carbocycles. The largest absolute Gasteiger partial charge is 0.325 e. The summed E-state index contributed by atoms with van der Waals surface area (Å²) in [4.78, 5) is 25.5. The topological polar surface area (TPSA) is 58.2 Å². The minimum atomic E-state index is -0.953. The van der Waals surface area contributed by atoms with E-state index in [1.54, 1.807) is 0 Å². The van der Waals surface area contributed by atoms with E-state index in [1.165, 1.54) is 5.56 Å². The van der Waals surface area contributed by atoms with Gasteiger partial charge < -0.3 is 10.6 Å². The second-order valence-corrected chi connectivity index (χ2v) is 7.53. The first kappa shape index (κ1) is 18.2. The lowest BCUT2D eigenvalue weighted by Crippen LogP contribution is -2.36. The number of aryl methyl sites for hydroxylation is 2.